The van der Waals surface area contributed by atoms with E-state index in [0.29, 0.717) is 50.4 Å². The molecule has 0 aliphatic carbocycles. The van der Waals surface area contributed by atoms with E-state index in [1.807, 2.05) is 27.9 Å². The third-order valence-electron chi connectivity index (χ3n) is 10.3. The molecule has 0 fully saturated rings. The second-order valence-electron chi connectivity index (χ2n) is 15.5. The predicted octanol–water partition coefficient (Wildman–Crippen LogP) is 7.70. The van der Waals surface area contributed by atoms with Crippen LogP contribution in [0, 0.1) is 37.9 Å². The number of halogens is 11. The number of methoxy groups -OCH3 is 1. The van der Waals surface area contributed by atoms with Crippen LogP contribution >= 0.6 is 22.6 Å². The van der Waals surface area contributed by atoms with Crippen LogP contribution in [0.4, 0.5) is 43.9 Å². The van der Waals surface area contributed by atoms with E-state index in [0.717, 1.165) is 29.9 Å². The highest BCUT2D eigenvalue weighted by Gasteiger charge is 2.56. The highest BCUT2D eigenvalue weighted by atomic mass is 127. The third kappa shape index (κ3) is 13.1. The van der Waals surface area contributed by atoms with Gasteiger partial charge in [-0.15, -0.1) is 0 Å². The van der Waals surface area contributed by atoms with Crippen LogP contribution in [0.1, 0.15) is 65.1 Å². The monoisotopic (exact) mass is 995 g/mol. The molecule has 3 N–H and O–H groups in total. The van der Waals surface area contributed by atoms with Crippen molar-refractivity contribution in [2.45, 2.75) is 91.5 Å². The van der Waals surface area contributed by atoms with Crippen molar-refractivity contribution in [1.29, 1.82) is 0 Å². The molecule has 0 saturated carbocycles. The van der Waals surface area contributed by atoms with Crippen molar-refractivity contribution in [3.8, 4) is 11.3 Å². The average molecular weight is 996 g/mol. The number of ether oxygens (including phenoxy) is 1. The number of hydrazine groups is 1. The van der Waals surface area contributed by atoms with E-state index in [1.54, 1.807) is 24.3 Å². The van der Waals surface area contributed by atoms with E-state index in [9.17, 15) is 59.4 Å². The Bertz CT molecular complexity index is 2000. The lowest BCUT2D eigenvalue weighted by atomic mass is 9.75. The average Bonchev–Trinajstić information content (AvgIpc) is 3.64. The van der Waals surface area contributed by atoms with Gasteiger partial charge in [-0.25, -0.2) is 18.5 Å². The van der Waals surface area contributed by atoms with Crippen LogP contribution in [0.3, 0.4) is 0 Å². The Balaban J connectivity index is 2.15. The number of hydrogen-bond acceptors (Lipinski definition) is 8. The summed E-state index contributed by atoms with van der Waals surface area (Å²) in [5, 5.41) is 18.0. The Morgan fingerprint density at radius 3 is 1.93 bits per heavy atom. The van der Waals surface area contributed by atoms with Crippen LogP contribution in [-0.2, 0) is 36.9 Å². The standard InChI is InChI=1S/C39H44F10IN5O6/c1-20(56)51-33(37(4,5)39(47,48)49)30(57)16-23(13-21-7-9-24(50)10-8-21)31(58)19-54(53-34(60)26(17-32(59)61-6)36(2,3)38(44,45)46)18-25-27(40)14-22(15-28(25)41)29-11-12-55(52-29)35(42)43/h7-12,14-15,23,26,31,33,35,58H,13,16-19H2,1-6H3,(H,51,56)(H,53,60)/t23-,26-,31+,33-/m1/s1. The van der Waals surface area contributed by atoms with Gasteiger partial charge in [0.2, 0.25) is 11.8 Å². The summed E-state index contributed by atoms with van der Waals surface area (Å²) in [5.74, 6) is -11.3. The van der Waals surface area contributed by atoms with Crippen molar-refractivity contribution in [2.75, 3.05) is 13.7 Å². The van der Waals surface area contributed by atoms with Crippen molar-refractivity contribution in [2.24, 2.45) is 22.7 Å². The molecule has 0 bridgehead atoms. The number of Topliss-reactive ketones (excluding diaryl/α,β-unsaturated/α-hetero) is 1. The lowest BCUT2D eigenvalue weighted by molar-refractivity contribution is -0.231. The van der Waals surface area contributed by atoms with Crippen LogP contribution < -0.4 is 10.7 Å². The Hall–Kier alpha value is -4.32. The first-order valence-electron chi connectivity index (χ1n) is 18.3. The number of nitrogens with zero attached hydrogens (tertiary/aromatic N) is 3. The molecule has 2 aromatic carbocycles. The number of aromatic nitrogens is 2. The summed E-state index contributed by atoms with van der Waals surface area (Å²) in [7, 11) is 0.856. The van der Waals surface area contributed by atoms with Crippen LogP contribution in [0.15, 0.2) is 48.7 Å². The minimum absolute atomic E-state index is 0.213. The van der Waals surface area contributed by atoms with Crippen LogP contribution in [0.2, 0.25) is 0 Å². The van der Waals surface area contributed by atoms with Gasteiger partial charge in [0.1, 0.15) is 17.7 Å². The van der Waals surface area contributed by atoms with Gasteiger partial charge in [-0.3, -0.25) is 24.6 Å². The van der Waals surface area contributed by atoms with E-state index in [1.165, 1.54) is 0 Å². The van der Waals surface area contributed by atoms with Crippen LogP contribution in [-0.4, -0.2) is 81.6 Å². The second-order valence-corrected chi connectivity index (χ2v) is 16.7. The van der Waals surface area contributed by atoms with E-state index in [4.69, 9.17) is 0 Å². The van der Waals surface area contributed by atoms with Gasteiger partial charge >= 0.3 is 24.9 Å². The summed E-state index contributed by atoms with van der Waals surface area (Å²) in [5.41, 5.74) is -4.71. The van der Waals surface area contributed by atoms with E-state index < -0.39 is 120 Å². The van der Waals surface area contributed by atoms with Crippen molar-refractivity contribution in [3.05, 3.63) is 75.0 Å². The zero-order valence-corrected chi connectivity index (χ0v) is 35.7. The molecule has 4 atom stereocenters. The number of aliphatic hydroxyl groups is 1. The lowest BCUT2D eigenvalue weighted by Crippen LogP contribution is -2.56. The van der Waals surface area contributed by atoms with Gasteiger partial charge in [-0.2, -0.15) is 40.2 Å². The summed E-state index contributed by atoms with van der Waals surface area (Å²) in [6.45, 7) is -1.62. The lowest BCUT2D eigenvalue weighted by Gasteiger charge is -2.37. The number of hydrogen-bond donors (Lipinski definition) is 3. The van der Waals surface area contributed by atoms with Gasteiger partial charge in [0, 0.05) is 47.3 Å². The summed E-state index contributed by atoms with van der Waals surface area (Å²) in [6, 6.07) is 6.67. The van der Waals surface area contributed by atoms with Gasteiger partial charge in [0.25, 0.3) is 0 Å². The SMILES string of the molecule is COC(=O)C[C@H](C(=O)NN(Cc1c(F)cc(-c2ccn(C(F)F)n2)cc1F)C[C@H](O)[C@@H](CC(=O)[C@@H](NC(C)=O)C(C)(C)C(F)(F)F)Cc1ccc(I)cc1)C(C)(C)C(F)(F)F. The number of esters is 1. The smallest absolute Gasteiger partial charge is 0.396 e. The molecule has 338 valence electrons. The number of amides is 2. The molecule has 3 aromatic rings. The highest BCUT2D eigenvalue weighted by Crippen LogP contribution is 2.45. The topological polar surface area (TPSA) is 143 Å². The summed E-state index contributed by atoms with van der Waals surface area (Å²) < 4.78 is 149. The third-order valence-corrected chi connectivity index (χ3v) is 11.0. The van der Waals surface area contributed by atoms with Gasteiger partial charge in [-0.1, -0.05) is 26.0 Å². The molecule has 3 rings (SSSR count). The molecule has 0 unspecified atom stereocenters. The molecule has 2 amide bonds. The molecule has 11 nitrogen and oxygen atoms in total. The summed E-state index contributed by atoms with van der Waals surface area (Å²) in [4.78, 5) is 51.9. The Morgan fingerprint density at radius 1 is 0.902 bits per heavy atom. The minimum atomic E-state index is -5.12. The highest BCUT2D eigenvalue weighted by molar-refractivity contribution is 14.1. The number of rotatable bonds is 19. The maximum Gasteiger partial charge on any atom is 0.396 e. The summed E-state index contributed by atoms with van der Waals surface area (Å²) in [6.07, 6.45) is -13.5. The van der Waals surface area contributed by atoms with Crippen molar-refractivity contribution in [3.63, 3.8) is 0 Å². The number of aliphatic hydroxyl groups excluding tert-OH is 1. The van der Waals surface area contributed by atoms with Crippen LogP contribution in [0.5, 0.6) is 0 Å². The van der Waals surface area contributed by atoms with Gasteiger partial charge < -0.3 is 15.2 Å². The first-order valence-corrected chi connectivity index (χ1v) is 19.4. The zero-order valence-electron chi connectivity index (χ0n) is 33.5. The summed E-state index contributed by atoms with van der Waals surface area (Å²) >= 11 is 1.98. The fraction of sp³-hybridized carbons (Fsp3) is 0.513. The van der Waals surface area contributed by atoms with Crippen molar-refractivity contribution in [1.82, 2.24) is 25.5 Å². The maximum atomic E-state index is 15.8. The number of benzene rings is 2. The molecule has 1 heterocycles. The van der Waals surface area contributed by atoms with Crippen molar-refractivity contribution < 1.29 is 72.9 Å². The molecule has 0 aliphatic heterocycles. The molecule has 0 aliphatic rings. The number of carbonyl (C=O) groups excluding carboxylic acids is 4. The molecule has 61 heavy (non-hydrogen) atoms. The minimum Gasteiger partial charge on any atom is -0.469 e. The molecule has 22 heteroatoms. The quantitative estimate of drug-likeness (QED) is 0.0481. The molecular formula is C39H44F10IN5O6. The zero-order chi connectivity index (χ0) is 46.4. The number of ketones is 1. The Labute approximate surface area is 357 Å². The largest absolute Gasteiger partial charge is 0.469 e. The predicted molar refractivity (Wildman–Crippen MR) is 207 cm³/mol. The normalized spacial score (nSPS) is 14.7. The van der Waals surface area contributed by atoms with E-state index in [2.05, 4.69) is 15.3 Å². The first-order chi connectivity index (χ1) is 28.0. The van der Waals surface area contributed by atoms with Crippen molar-refractivity contribution >= 4 is 46.2 Å². The molecular weight excluding hydrogens is 951 g/mol. The van der Waals surface area contributed by atoms with Gasteiger partial charge in [0.15, 0.2) is 5.78 Å². The molecule has 1 aromatic heterocycles. The van der Waals surface area contributed by atoms with Gasteiger partial charge in [0.05, 0.1) is 42.1 Å². The number of nitrogens with one attached hydrogen (secondary N) is 2. The Morgan fingerprint density at radius 2 is 1.46 bits per heavy atom. The fourth-order valence-electron chi connectivity index (χ4n) is 6.25. The molecule has 0 saturated heterocycles. The van der Waals surface area contributed by atoms with Gasteiger partial charge in [-0.05, 0) is 84.7 Å². The second kappa shape index (κ2) is 20.2. The first kappa shape index (κ1) is 51.0. The number of alkyl halides is 8. The number of carbonyl (C=O) groups is 4. The van der Waals surface area contributed by atoms with E-state index >= 15 is 8.78 Å². The maximum absolute atomic E-state index is 15.8. The molecule has 0 radical (unpaired) electrons. The van der Waals surface area contributed by atoms with Crippen LogP contribution in [0.25, 0.3) is 11.3 Å². The Kier molecular flexibility index (Phi) is 16.9. The van der Waals surface area contributed by atoms with E-state index in [-0.39, 0.29) is 22.4 Å². The fourth-order valence-corrected chi connectivity index (χ4v) is 6.61. The molecule has 0 spiro atoms.